The van der Waals surface area contributed by atoms with Crippen LogP contribution >= 0.6 is 0 Å². The number of hydrogen-bond donors (Lipinski definition) is 2. The third-order valence-electron chi connectivity index (χ3n) is 3.44. The second-order valence-corrected chi connectivity index (χ2v) is 6.68. The summed E-state index contributed by atoms with van der Waals surface area (Å²) in [4.78, 5) is 11.8. The van der Waals surface area contributed by atoms with Gasteiger partial charge in [-0.25, -0.2) is 0 Å². The van der Waals surface area contributed by atoms with Crippen molar-refractivity contribution < 1.29 is 35.7 Å². The van der Waals surface area contributed by atoms with Gasteiger partial charge in [-0.1, -0.05) is 60.7 Å². The molecule has 0 bridgehead atoms. The molecule has 0 saturated heterocycles. The van der Waals surface area contributed by atoms with Crippen LogP contribution in [0.15, 0.2) is 60.7 Å². The Hall–Kier alpha value is -2.43. The molecule has 0 aliphatic heterocycles. The molecule has 0 saturated carbocycles. The number of nitrogens with two attached hydrogens (primary N) is 1. The Morgan fingerprint density at radius 3 is 1.59 bits per heavy atom. The monoisotopic (exact) mass is 405 g/mol. The summed E-state index contributed by atoms with van der Waals surface area (Å²) in [6, 6.07) is 18.8. The van der Waals surface area contributed by atoms with Crippen LogP contribution in [0.4, 0.5) is 13.2 Å². The third kappa shape index (κ3) is 6.66. The number of esters is 1. The molecule has 0 radical (unpaired) electrons. The van der Waals surface area contributed by atoms with Crippen molar-refractivity contribution in [3.8, 4) is 0 Å². The Bertz CT molecular complexity index is 787. The van der Waals surface area contributed by atoms with E-state index in [4.69, 9.17) is 23.4 Å². The highest BCUT2D eigenvalue weighted by Gasteiger charge is 2.44. The van der Waals surface area contributed by atoms with Crippen LogP contribution in [0.5, 0.6) is 0 Å². The number of rotatable bonds is 4. The van der Waals surface area contributed by atoms with Crippen molar-refractivity contribution in [3.05, 3.63) is 71.8 Å². The summed E-state index contributed by atoms with van der Waals surface area (Å²) in [5.41, 5.74) is 2.54. The Labute approximate surface area is 154 Å². The molecule has 0 aliphatic carbocycles. The summed E-state index contributed by atoms with van der Waals surface area (Å²) in [5.74, 6) is -0.604. The van der Waals surface area contributed by atoms with Crippen molar-refractivity contribution in [2.45, 2.75) is 17.5 Å². The molecule has 1 unspecified atom stereocenters. The lowest BCUT2D eigenvalue weighted by Gasteiger charge is -2.23. The molecule has 2 rings (SSSR count). The molecule has 0 amide bonds. The quantitative estimate of drug-likeness (QED) is 0.460. The zero-order valence-corrected chi connectivity index (χ0v) is 14.9. The highest BCUT2D eigenvalue weighted by molar-refractivity contribution is 7.86. The Kier molecular flexibility index (Phi) is 7.95. The van der Waals surface area contributed by atoms with Crippen molar-refractivity contribution in [1.82, 2.24) is 0 Å². The van der Waals surface area contributed by atoms with E-state index in [-0.39, 0.29) is 5.92 Å². The van der Waals surface area contributed by atoms with E-state index in [0.29, 0.717) is 0 Å². The highest BCUT2D eigenvalue weighted by atomic mass is 32.2. The minimum absolute atomic E-state index is 0.199. The molecule has 0 aliphatic rings. The lowest BCUT2D eigenvalue weighted by atomic mass is 9.85. The van der Waals surface area contributed by atoms with Gasteiger partial charge in [0, 0.05) is 5.92 Å². The Morgan fingerprint density at radius 2 is 1.33 bits per heavy atom. The molecular formula is C17H18F3NO5S. The van der Waals surface area contributed by atoms with Crippen molar-refractivity contribution >= 4 is 16.1 Å². The zero-order chi connectivity index (χ0) is 20.7. The predicted octanol–water partition coefficient (Wildman–Crippen LogP) is 2.71. The number of carbonyl (C=O) groups excluding carboxylic acids is 1. The molecule has 6 nitrogen and oxygen atoms in total. The van der Waals surface area contributed by atoms with Crippen LogP contribution in [0.1, 0.15) is 17.0 Å². The minimum atomic E-state index is -5.84. The molecule has 0 heterocycles. The van der Waals surface area contributed by atoms with E-state index in [0.717, 1.165) is 11.1 Å². The maximum absolute atomic E-state index is 11.8. The standard InChI is InChI=1S/C16H17NO2.CHF3O3S/c1-19-16(18)15(17)14(12-8-4-2-5-9-12)13-10-6-3-7-11-13;2-1(3,4)8(5,6)7/h2-11,14-15H,17H2,1H3;(H,5,6,7). The van der Waals surface area contributed by atoms with Crippen LogP contribution in [-0.4, -0.2) is 37.6 Å². The first-order chi connectivity index (χ1) is 12.5. The van der Waals surface area contributed by atoms with Crippen LogP contribution < -0.4 is 5.73 Å². The van der Waals surface area contributed by atoms with Gasteiger partial charge in [0.2, 0.25) is 0 Å². The third-order valence-corrected chi connectivity index (χ3v) is 4.03. The average Bonchev–Trinajstić information content (AvgIpc) is 2.62. The first-order valence-corrected chi connectivity index (χ1v) is 8.90. The minimum Gasteiger partial charge on any atom is -0.468 e. The van der Waals surface area contributed by atoms with E-state index in [9.17, 15) is 18.0 Å². The molecule has 2 aromatic rings. The molecule has 0 spiro atoms. The molecule has 2 aromatic carbocycles. The molecule has 0 aromatic heterocycles. The summed E-state index contributed by atoms with van der Waals surface area (Å²) in [7, 11) is -4.48. The molecule has 10 heteroatoms. The van der Waals surface area contributed by atoms with Crippen LogP contribution in [-0.2, 0) is 19.6 Å². The maximum Gasteiger partial charge on any atom is 0.522 e. The number of halogens is 3. The Balaban J connectivity index is 0.000000387. The number of hydrogen-bond acceptors (Lipinski definition) is 5. The van der Waals surface area contributed by atoms with Crippen LogP contribution in [0.2, 0.25) is 0 Å². The molecule has 0 fully saturated rings. The fourth-order valence-corrected chi connectivity index (χ4v) is 2.20. The first kappa shape index (κ1) is 22.6. The van der Waals surface area contributed by atoms with Gasteiger partial charge in [-0.15, -0.1) is 0 Å². The first-order valence-electron chi connectivity index (χ1n) is 7.46. The van der Waals surface area contributed by atoms with E-state index in [1.807, 2.05) is 60.7 Å². The topological polar surface area (TPSA) is 107 Å². The van der Waals surface area contributed by atoms with E-state index >= 15 is 0 Å². The summed E-state index contributed by atoms with van der Waals surface area (Å²) < 4.78 is 62.3. The zero-order valence-electron chi connectivity index (χ0n) is 14.1. The number of alkyl halides is 3. The van der Waals surface area contributed by atoms with E-state index in [2.05, 4.69) is 0 Å². The molecule has 3 N–H and O–H groups in total. The van der Waals surface area contributed by atoms with Crippen LogP contribution in [0, 0.1) is 0 Å². The van der Waals surface area contributed by atoms with Gasteiger partial charge >= 0.3 is 21.6 Å². The maximum atomic E-state index is 11.8. The molecule has 27 heavy (non-hydrogen) atoms. The number of ether oxygens (including phenoxy) is 1. The fraction of sp³-hybridized carbons (Fsp3) is 0.235. The highest BCUT2D eigenvalue weighted by Crippen LogP contribution is 2.27. The van der Waals surface area contributed by atoms with Gasteiger partial charge in [-0.3, -0.25) is 9.35 Å². The van der Waals surface area contributed by atoms with Crippen LogP contribution in [0.25, 0.3) is 0 Å². The summed E-state index contributed by atoms with van der Waals surface area (Å²) >= 11 is 0. The predicted molar refractivity (Wildman–Crippen MR) is 92.3 cm³/mol. The van der Waals surface area contributed by atoms with Gasteiger partial charge in [-0.05, 0) is 11.1 Å². The smallest absolute Gasteiger partial charge is 0.468 e. The normalized spacial score (nSPS) is 12.7. The van der Waals surface area contributed by atoms with Gasteiger partial charge in [-0.2, -0.15) is 21.6 Å². The molecule has 148 valence electrons. The van der Waals surface area contributed by atoms with Crippen molar-refractivity contribution in [1.29, 1.82) is 0 Å². The number of methoxy groups -OCH3 is 1. The van der Waals surface area contributed by atoms with E-state index < -0.39 is 27.6 Å². The number of benzene rings is 2. The van der Waals surface area contributed by atoms with Gasteiger partial charge in [0.05, 0.1) is 7.11 Å². The van der Waals surface area contributed by atoms with E-state index in [1.54, 1.807) is 0 Å². The van der Waals surface area contributed by atoms with Gasteiger partial charge < -0.3 is 10.5 Å². The fourth-order valence-electron chi connectivity index (χ4n) is 2.20. The summed E-state index contributed by atoms with van der Waals surface area (Å²) in [6.45, 7) is 0. The average molecular weight is 405 g/mol. The van der Waals surface area contributed by atoms with Gasteiger partial charge in [0.15, 0.2) is 0 Å². The van der Waals surface area contributed by atoms with Crippen molar-refractivity contribution in [2.24, 2.45) is 5.73 Å². The van der Waals surface area contributed by atoms with Crippen LogP contribution in [0.3, 0.4) is 0 Å². The van der Waals surface area contributed by atoms with Gasteiger partial charge in [0.25, 0.3) is 0 Å². The number of carbonyl (C=O) groups is 1. The second kappa shape index (κ2) is 9.49. The molecular weight excluding hydrogens is 387 g/mol. The van der Waals surface area contributed by atoms with Crippen molar-refractivity contribution in [3.63, 3.8) is 0 Å². The summed E-state index contributed by atoms with van der Waals surface area (Å²) in [5, 5.41) is 0. The largest absolute Gasteiger partial charge is 0.522 e. The lowest BCUT2D eigenvalue weighted by Crippen LogP contribution is -2.38. The second-order valence-electron chi connectivity index (χ2n) is 5.27. The van der Waals surface area contributed by atoms with Crippen molar-refractivity contribution in [2.75, 3.05) is 7.11 Å². The summed E-state index contributed by atoms with van der Waals surface area (Å²) in [6.07, 6.45) is 0. The van der Waals surface area contributed by atoms with Gasteiger partial charge in [0.1, 0.15) is 6.04 Å². The molecule has 1 atom stereocenters. The Morgan fingerprint density at radius 1 is 1.00 bits per heavy atom. The SMILES string of the molecule is COC(=O)C(N)C(c1ccccc1)c1ccccc1.O=S(=O)(O)C(F)(F)F. The van der Waals surface area contributed by atoms with E-state index in [1.165, 1.54) is 7.11 Å². The lowest BCUT2D eigenvalue weighted by molar-refractivity contribution is -0.142.